The standard InChI is InChI=1S/C17H21N3O3S2/c21-25(22,16-5-3-11-24-16)20-9-6-17(7-10-20)12-14(13-23-17)19-15-4-1-2-8-18-15/h1-5,8,11,14H,6-7,9-10,12-13H2,(H,18,19). The smallest absolute Gasteiger partial charge is 0.252 e. The van der Waals surface area contributed by atoms with Gasteiger partial charge < -0.3 is 10.1 Å². The number of nitrogens with one attached hydrogen (secondary N) is 1. The predicted octanol–water partition coefficient (Wildman–Crippen LogP) is 2.57. The summed E-state index contributed by atoms with van der Waals surface area (Å²) in [4.78, 5) is 4.30. The highest BCUT2D eigenvalue weighted by atomic mass is 32.2. The van der Waals surface area contributed by atoms with Crippen molar-refractivity contribution in [1.82, 2.24) is 9.29 Å². The van der Waals surface area contributed by atoms with Crippen LogP contribution in [0.4, 0.5) is 5.82 Å². The molecule has 1 atom stereocenters. The van der Waals surface area contributed by atoms with E-state index < -0.39 is 10.0 Å². The van der Waals surface area contributed by atoms with Gasteiger partial charge >= 0.3 is 0 Å². The Balaban J connectivity index is 1.37. The second kappa shape index (κ2) is 6.68. The first-order valence-corrected chi connectivity index (χ1v) is 10.7. The van der Waals surface area contributed by atoms with Gasteiger partial charge in [-0.15, -0.1) is 11.3 Å². The first-order valence-electron chi connectivity index (χ1n) is 8.43. The van der Waals surface area contributed by atoms with Crippen LogP contribution in [-0.2, 0) is 14.8 Å². The van der Waals surface area contributed by atoms with E-state index in [0.717, 1.165) is 25.1 Å². The number of hydrogen-bond donors (Lipinski definition) is 1. The van der Waals surface area contributed by atoms with Crippen molar-refractivity contribution in [2.75, 3.05) is 25.0 Å². The summed E-state index contributed by atoms with van der Waals surface area (Å²) in [6.45, 7) is 1.65. The highest BCUT2D eigenvalue weighted by Gasteiger charge is 2.45. The Labute approximate surface area is 151 Å². The van der Waals surface area contributed by atoms with E-state index in [0.29, 0.717) is 23.9 Å². The minimum atomic E-state index is -3.36. The number of piperidine rings is 1. The third-order valence-corrected chi connectivity index (χ3v) is 8.22. The lowest BCUT2D eigenvalue weighted by atomic mass is 9.88. The van der Waals surface area contributed by atoms with Gasteiger partial charge in [0.05, 0.1) is 18.2 Å². The maximum Gasteiger partial charge on any atom is 0.252 e. The second-order valence-corrected chi connectivity index (χ2v) is 9.70. The fourth-order valence-electron chi connectivity index (χ4n) is 3.61. The molecule has 0 bridgehead atoms. The second-order valence-electron chi connectivity index (χ2n) is 6.59. The van der Waals surface area contributed by atoms with Crippen molar-refractivity contribution >= 4 is 27.2 Å². The van der Waals surface area contributed by atoms with Gasteiger partial charge in [-0.25, -0.2) is 13.4 Å². The average molecular weight is 380 g/mol. The molecule has 4 heterocycles. The molecule has 2 aliphatic heterocycles. The van der Waals surface area contributed by atoms with Crippen LogP contribution >= 0.6 is 11.3 Å². The summed E-state index contributed by atoms with van der Waals surface area (Å²) in [7, 11) is -3.36. The Morgan fingerprint density at radius 3 is 2.76 bits per heavy atom. The Kier molecular flexibility index (Phi) is 4.53. The van der Waals surface area contributed by atoms with Crippen molar-refractivity contribution in [3.63, 3.8) is 0 Å². The number of hydrogen-bond acceptors (Lipinski definition) is 6. The van der Waals surface area contributed by atoms with Gasteiger partial charge in [0.1, 0.15) is 10.0 Å². The molecule has 2 fully saturated rings. The normalized spacial score (nSPS) is 23.8. The third-order valence-electron chi connectivity index (χ3n) is 4.95. The van der Waals surface area contributed by atoms with E-state index in [1.54, 1.807) is 28.0 Å². The number of rotatable bonds is 4. The highest BCUT2D eigenvalue weighted by molar-refractivity contribution is 7.91. The molecule has 134 valence electrons. The van der Waals surface area contributed by atoms with Crippen molar-refractivity contribution < 1.29 is 13.2 Å². The molecule has 8 heteroatoms. The maximum absolute atomic E-state index is 12.6. The highest BCUT2D eigenvalue weighted by Crippen LogP contribution is 2.38. The van der Waals surface area contributed by atoms with Crippen LogP contribution in [0.5, 0.6) is 0 Å². The van der Waals surface area contributed by atoms with Crippen molar-refractivity contribution in [2.45, 2.75) is 35.1 Å². The third kappa shape index (κ3) is 3.44. The lowest BCUT2D eigenvalue weighted by molar-refractivity contribution is -0.0309. The van der Waals surface area contributed by atoms with Crippen LogP contribution in [0.1, 0.15) is 19.3 Å². The van der Waals surface area contributed by atoms with E-state index in [2.05, 4.69) is 10.3 Å². The van der Waals surface area contributed by atoms with Gasteiger partial charge in [0, 0.05) is 19.3 Å². The SMILES string of the molecule is O=S(=O)(c1cccs1)N1CCC2(CC1)CC(Nc1ccccn1)CO2. The molecular formula is C17H21N3O3S2. The summed E-state index contributed by atoms with van der Waals surface area (Å²) in [6, 6.07) is 9.45. The summed E-state index contributed by atoms with van der Waals surface area (Å²) >= 11 is 1.27. The minimum absolute atomic E-state index is 0.214. The molecule has 0 amide bonds. The zero-order valence-electron chi connectivity index (χ0n) is 13.8. The molecular weight excluding hydrogens is 358 g/mol. The van der Waals surface area contributed by atoms with Crippen LogP contribution in [0.3, 0.4) is 0 Å². The number of nitrogens with zero attached hydrogens (tertiary/aromatic N) is 2. The van der Waals surface area contributed by atoms with E-state index in [4.69, 9.17) is 4.74 Å². The molecule has 0 aliphatic carbocycles. The van der Waals surface area contributed by atoms with Crippen molar-refractivity contribution in [1.29, 1.82) is 0 Å². The summed E-state index contributed by atoms with van der Waals surface area (Å²) < 4.78 is 33.4. The molecule has 1 N–H and O–H groups in total. The van der Waals surface area contributed by atoms with E-state index in [1.165, 1.54) is 11.3 Å². The van der Waals surface area contributed by atoms with E-state index in [9.17, 15) is 8.42 Å². The minimum Gasteiger partial charge on any atom is -0.373 e. The largest absolute Gasteiger partial charge is 0.373 e. The number of aromatic nitrogens is 1. The molecule has 0 radical (unpaired) electrons. The molecule has 4 rings (SSSR count). The van der Waals surface area contributed by atoms with Gasteiger partial charge in [-0.05, 0) is 42.8 Å². The van der Waals surface area contributed by atoms with Gasteiger partial charge in [0.15, 0.2) is 0 Å². The van der Waals surface area contributed by atoms with Gasteiger partial charge in [-0.3, -0.25) is 0 Å². The quantitative estimate of drug-likeness (QED) is 0.884. The Hall–Kier alpha value is -1.48. The molecule has 2 aromatic rings. The van der Waals surface area contributed by atoms with Crippen LogP contribution in [0.15, 0.2) is 46.1 Å². The Morgan fingerprint density at radius 1 is 1.24 bits per heavy atom. The lowest BCUT2D eigenvalue weighted by Crippen LogP contribution is -2.46. The van der Waals surface area contributed by atoms with Crippen molar-refractivity contribution in [3.05, 3.63) is 41.9 Å². The molecule has 0 saturated carbocycles. The van der Waals surface area contributed by atoms with E-state index in [-0.39, 0.29) is 11.6 Å². The zero-order valence-corrected chi connectivity index (χ0v) is 15.4. The first kappa shape index (κ1) is 17.0. The average Bonchev–Trinajstić information content (AvgIpc) is 3.28. The maximum atomic E-state index is 12.6. The Bertz CT molecular complexity index is 801. The topological polar surface area (TPSA) is 71.5 Å². The first-order chi connectivity index (χ1) is 12.1. The zero-order chi connectivity index (χ0) is 17.3. The van der Waals surface area contributed by atoms with Crippen LogP contribution < -0.4 is 5.32 Å². The number of thiophene rings is 1. The molecule has 2 aromatic heterocycles. The molecule has 1 spiro atoms. The van der Waals surface area contributed by atoms with Crippen LogP contribution in [0, 0.1) is 0 Å². The summed E-state index contributed by atoms with van der Waals surface area (Å²) in [5.74, 6) is 0.853. The van der Waals surface area contributed by atoms with Crippen molar-refractivity contribution in [2.24, 2.45) is 0 Å². The fraction of sp³-hybridized carbons (Fsp3) is 0.471. The summed E-state index contributed by atoms with van der Waals surface area (Å²) in [5.41, 5.74) is -0.214. The number of anilines is 1. The fourth-order valence-corrected chi connectivity index (χ4v) is 6.20. The summed E-state index contributed by atoms with van der Waals surface area (Å²) in [5, 5.41) is 5.21. The number of pyridine rings is 1. The van der Waals surface area contributed by atoms with Gasteiger partial charge in [0.2, 0.25) is 0 Å². The lowest BCUT2D eigenvalue weighted by Gasteiger charge is -2.37. The molecule has 0 aromatic carbocycles. The van der Waals surface area contributed by atoms with Crippen LogP contribution in [0.25, 0.3) is 0 Å². The van der Waals surface area contributed by atoms with E-state index >= 15 is 0 Å². The summed E-state index contributed by atoms with van der Waals surface area (Å²) in [6.07, 6.45) is 4.12. The molecule has 25 heavy (non-hydrogen) atoms. The Morgan fingerprint density at radius 2 is 2.08 bits per heavy atom. The number of sulfonamides is 1. The molecule has 6 nitrogen and oxygen atoms in total. The molecule has 2 aliphatic rings. The van der Waals surface area contributed by atoms with Crippen molar-refractivity contribution in [3.8, 4) is 0 Å². The van der Waals surface area contributed by atoms with Gasteiger partial charge in [0.25, 0.3) is 10.0 Å². The molecule has 1 unspecified atom stereocenters. The monoisotopic (exact) mass is 379 g/mol. The number of ether oxygens (including phenoxy) is 1. The van der Waals surface area contributed by atoms with Crippen LogP contribution in [0.2, 0.25) is 0 Å². The predicted molar refractivity (Wildman–Crippen MR) is 97.3 cm³/mol. The molecule has 2 saturated heterocycles. The van der Waals surface area contributed by atoms with Crippen LogP contribution in [-0.4, -0.2) is 49.0 Å². The van der Waals surface area contributed by atoms with Gasteiger partial charge in [-0.2, -0.15) is 4.31 Å². The van der Waals surface area contributed by atoms with E-state index in [1.807, 2.05) is 18.2 Å². The van der Waals surface area contributed by atoms with Gasteiger partial charge in [-0.1, -0.05) is 12.1 Å².